The summed E-state index contributed by atoms with van der Waals surface area (Å²) in [6, 6.07) is 8.73. The zero-order chi connectivity index (χ0) is 13.0. The van der Waals surface area contributed by atoms with Crippen LogP contribution in [-0.4, -0.2) is 6.04 Å². The molecule has 0 unspecified atom stereocenters. The van der Waals surface area contributed by atoms with Gasteiger partial charge in [0.15, 0.2) is 0 Å². The summed E-state index contributed by atoms with van der Waals surface area (Å²) in [6.45, 7) is 5.29. The Balaban J connectivity index is 1.91. The molecule has 0 radical (unpaired) electrons. The van der Waals surface area contributed by atoms with Crippen LogP contribution in [-0.2, 0) is 6.54 Å². The summed E-state index contributed by atoms with van der Waals surface area (Å²) in [4.78, 5) is 0. The van der Waals surface area contributed by atoms with E-state index in [0.29, 0.717) is 6.04 Å². The lowest BCUT2D eigenvalue weighted by molar-refractivity contribution is 0.380. The van der Waals surface area contributed by atoms with E-state index < -0.39 is 0 Å². The maximum absolute atomic E-state index is 8.85. The van der Waals surface area contributed by atoms with E-state index in [1.165, 1.54) is 36.8 Å². The highest BCUT2D eigenvalue weighted by Crippen LogP contribution is 2.27. The van der Waals surface area contributed by atoms with Gasteiger partial charge in [-0.15, -0.1) is 0 Å². The Morgan fingerprint density at radius 3 is 2.72 bits per heavy atom. The Morgan fingerprint density at radius 1 is 1.39 bits per heavy atom. The SMILES string of the molecule is Cc1cc(C#N)ccc1CN[C@H](C)C1CCCC1. The van der Waals surface area contributed by atoms with Crippen LogP contribution < -0.4 is 5.32 Å². The van der Waals surface area contributed by atoms with Crippen molar-refractivity contribution < 1.29 is 0 Å². The number of nitrogens with zero attached hydrogens (tertiary/aromatic N) is 1. The van der Waals surface area contributed by atoms with Gasteiger partial charge in [0.1, 0.15) is 0 Å². The first-order chi connectivity index (χ1) is 8.70. The molecule has 2 nitrogen and oxygen atoms in total. The molecule has 0 amide bonds. The van der Waals surface area contributed by atoms with E-state index in [2.05, 4.69) is 31.3 Å². The topological polar surface area (TPSA) is 35.8 Å². The molecular formula is C16H22N2. The van der Waals surface area contributed by atoms with Gasteiger partial charge in [-0.25, -0.2) is 0 Å². The van der Waals surface area contributed by atoms with Crippen molar-refractivity contribution in [3.8, 4) is 6.07 Å². The first kappa shape index (κ1) is 13.1. The number of benzene rings is 1. The van der Waals surface area contributed by atoms with Crippen molar-refractivity contribution in [1.82, 2.24) is 5.32 Å². The standard InChI is InChI=1S/C16H22N2/c1-12-9-14(10-17)7-8-16(12)11-18-13(2)15-5-3-4-6-15/h7-9,13,15,18H,3-6,11H2,1-2H3/t13-/m1/s1. The quantitative estimate of drug-likeness (QED) is 0.876. The van der Waals surface area contributed by atoms with Gasteiger partial charge in [0.05, 0.1) is 11.6 Å². The largest absolute Gasteiger partial charge is 0.310 e. The molecule has 96 valence electrons. The molecule has 0 aromatic heterocycles. The molecule has 0 spiro atoms. The third-order valence-electron chi connectivity index (χ3n) is 4.19. The minimum atomic E-state index is 0.600. The second-order valence-corrected chi connectivity index (χ2v) is 5.47. The summed E-state index contributed by atoms with van der Waals surface area (Å²) < 4.78 is 0. The van der Waals surface area contributed by atoms with Crippen molar-refractivity contribution in [1.29, 1.82) is 5.26 Å². The number of nitriles is 1. The number of aryl methyl sites for hydroxylation is 1. The Kier molecular flexibility index (Phi) is 4.38. The fourth-order valence-corrected chi connectivity index (χ4v) is 2.86. The fraction of sp³-hybridized carbons (Fsp3) is 0.562. The third-order valence-corrected chi connectivity index (χ3v) is 4.19. The van der Waals surface area contributed by atoms with Gasteiger partial charge in [0.2, 0.25) is 0 Å². The van der Waals surface area contributed by atoms with Crippen LogP contribution in [0.15, 0.2) is 18.2 Å². The summed E-state index contributed by atoms with van der Waals surface area (Å²) in [5.41, 5.74) is 3.26. The van der Waals surface area contributed by atoms with Gasteiger partial charge < -0.3 is 5.32 Å². The number of rotatable bonds is 4. The minimum Gasteiger partial charge on any atom is -0.310 e. The van der Waals surface area contributed by atoms with E-state index in [-0.39, 0.29) is 0 Å². The molecule has 1 aromatic carbocycles. The van der Waals surface area contributed by atoms with Gasteiger partial charge in [0.25, 0.3) is 0 Å². The molecule has 1 aliphatic carbocycles. The van der Waals surface area contributed by atoms with Crippen molar-refractivity contribution >= 4 is 0 Å². The second kappa shape index (κ2) is 6.02. The zero-order valence-electron chi connectivity index (χ0n) is 11.4. The van der Waals surface area contributed by atoms with E-state index in [4.69, 9.17) is 5.26 Å². The molecule has 1 saturated carbocycles. The van der Waals surface area contributed by atoms with E-state index in [0.717, 1.165) is 18.0 Å². The van der Waals surface area contributed by atoms with E-state index in [1.54, 1.807) is 0 Å². The maximum atomic E-state index is 8.85. The average molecular weight is 242 g/mol. The Morgan fingerprint density at radius 2 is 2.11 bits per heavy atom. The highest BCUT2D eigenvalue weighted by atomic mass is 14.9. The first-order valence-electron chi connectivity index (χ1n) is 6.93. The van der Waals surface area contributed by atoms with Gasteiger partial charge in [-0.2, -0.15) is 5.26 Å². The van der Waals surface area contributed by atoms with Gasteiger partial charge >= 0.3 is 0 Å². The molecule has 1 atom stereocenters. The molecule has 1 aromatic rings. The predicted octanol–water partition coefficient (Wildman–Crippen LogP) is 3.54. The van der Waals surface area contributed by atoms with E-state index in [9.17, 15) is 0 Å². The normalized spacial score (nSPS) is 17.6. The molecular weight excluding hydrogens is 220 g/mol. The van der Waals surface area contributed by atoms with Crippen molar-refractivity contribution in [2.24, 2.45) is 5.92 Å². The predicted molar refractivity (Wildman–Crippen MR) is 74.2 cm³/mol. The lowest BCUT2D eigenvalue weighted by Crippen LogP contribution is -2.31. The summed E-state index contributed by atoms with van der Waals surface area (Å²) >= 11 is 0. The molecule has 0 aliphatic heterocycles. The Labute approximate surface area is 110 Å². The van der Waals surface area contributed by atoms with Crippen molar-refractivity contribution in [2.75, 3.05) is 0 Å². The molecule has 0 heterocycles. The highest BCUT2D eigenvalue weighted by Gasteiger charge is 2.20. The average Bonchev–Trinajstić information content (AvgIpc) is 2.90. The molecule has 2 heteroatoms. The van der Waals surface area contributed by atoms with Crippen LogP contribution in [0.5, 0.6) is 0 Å². The summed E-state index contributed by atoms with van der Waals surface area (Å²) in [5.74, 6) is 0.851. The summed E-state index contributed by atoms with van der Waals surface area (Å²) in [7, 11) is 0. The first-order valence-corrected chi connectivity index (χ1v) is 6.93. The van der Waals surface area contributed by atoms with Gasteiger partial charge in [0, 0.05) is 12.6 Å². The maximum Gasteiger partial charge on any atom is 0.0991 e. The van der Waals surface area contributed by atoms with Crippen LogP contribution in [0.25, 0.3) is 0 Å². The summed E-state index contributed by atoms with van der Waals surface area (Å²) in [5, 5.41) is 12.5. The third kappa shape index (κ3) is 3.11. The minimum absolute atomic E-state index is 0.600. The van der Waals surface area contributed by atoms with Crippen LogP contribution in [0.1, 0.15) is 49.3 Å². The highest BCUT2D eigenvalue weighted by molar-refractivity contribution is 5.37. The van der Waals surface area contributed by atoms with Crippen LogP contribution in [0.3, 0.4) is 0 Å². The van der Waals surface area contributed by atoms with Crippen LogP contribution in [0.2, 0.25) is 0 Å². The Bertz CT molecular complexity index is 439. The smallest absolute Gasteiger partial charge is 0.0991 e. The second-order valence-electron chi connectivity index (χ2n) is 5.47. The molecule has 18 heavy (non-hydrogen) atoms. The molecule has 1 aliphatic rings. The van der Waals surface area contributed by atoms with E-state index >= 15 is 0 Å². The molecule has 2 rings (SSSR count). The Hall–Kier alpha value is -1.33. The fourth-order valence-electron chi connectivity index (χ4n) is 2.86. The van der Waals surface area contributed by atoms with Crippen LogP contribution in [0, 0.1) is 24.2 Å². The van der Waals surface area contributed by atoms with Crippen molar-refractivity contribution in [3.63, 3.8) is 0 Å². The molecule has 1 N–H and O–H groups in total. The van der Waals surface area contributed by atoms with Crippen molar-refractivity contribution in [3.05, 3.63) is 34.9 Å². The summed E-state index contributed by atoms with van der Waals surface area (Å²) in [6.07, 6.45) is 5.54. The number of hydrogen-bond acceptors (Lipinski definition) is 2. The van der Waals surface area contributed by atoms with Gasteiger partial charge in [-0.05, 0) is 55.9 Å². The van der Waals surface area contributed by atoms with Crippen LogP contribution >= 0.6 is 0 Å². The van der Waals surface area contributed by atoms with Gasteiger partial charge in [-0.1, -0.05) is 18.9 Å². The van der Waals surface area contributed by atoms with Gasteiger partial charge in [-0.3, -0.25) is 0 Å². The monoisotopic (exact) mass is 242 g/mol. The lowest BCUT2D eigenvalue weighted by atomic mass is 9.99. The van der Waals surface area contributed by atoms with E-state index in [1.807, 2.05) is 12.1 Å². The molecule has 0 saturated heterocycles. The number of nitrogens with one attached hydrogen (secondary N) is 1. The van der Waals surface area contributed by atoms with Crippen molar-refractivity contribution in [2.45, 2.75) is 52.1 Å². The number of hydrogen-bond donors (Lipinski definition) is 1. The molecule has 0 bridgehead atoms. The lowest BCUT2D eigenvalue weighted by Gasteiger charge is -2.21. The molecule has 1 fully saturated rings. The zero-order valence-corrected chi connectivity index (χ0v) is 11.4. The van der Waals surface area contributed by atoms with Crippen LogP contribution in [0.4, 0.5) is 0 Å².